The number of likely N-dealkylation sites (N-methyl/N-ethyl adjacent to an activating group) is 1. The van der Waals surface area contributed by atoms with E-state index >= 15 is 0 Å². The number of nitrogens with one attached hydrogen (secondary N) is 1. The molecule has 4 heteroatoms. The maximum absolute atomic E-state index is 4.42. The minimum atomic E-state index is 0.692. The average Bonchev–Trinajstić information content (AvgIpc) is 2.74. The Labute approximate surface area is 104 Å². The molecule has 1 unspecified atom stereocenters. The second kappa shape index (κ2) is 6.17. The van der Waals surface area contributed by atoms with E-state index in [0.717, 1.165) is 19.5 Å². The smallest absolute Gasteiger partial charge is 0.0637 e. The number of aryl methyl sites for hydroxylation is 1. The lowest BCUT2D eigenvalue weighted by molar-refractivity contribution is 0.193. The molecule has 2 heterocycles. The second-order valence-corrected chi connectivity index (χ2v) is 4.93. The summed E-state index contributed by atoms with van der Waals surface area (Å²) in [5, 5.41) is 7.98. The molecule has 4 nitrogen and oxygen atoms in total. The van der Waals surface area contributed by atoms with Crippen molar-refractivity contribution in [2.75, 3.05) is 26.2 Å². The predicted octanol–water partition coefficient (Wildman–Crippen LogP) is 1.04. The van der Waals surface area contributed by atoms with Gasteiger partial charge in [0.05, 0.1) is 5.69 Å². The van der Waals surface area contributed by atoms with Gasteiger partial charge in [-0.1, -0.05) is 6.92 Å². The molecule has 0 radical (unpaired) electrons. The highest BCUT2D eigenvalue weighted by Crippen LogP contribution is 2.10. The third kappa shape index (κ3) is 3.82. The summed E-state index contributed by atoms with van der Waals surface area (Å²) in [4.78, 5) is 2.56. The van der Waals surface area contributed by atoms with Gasteiger partial charge in [-0.05, 0) is 32.0 Å². The van der Waals surface area contributed by atoms with Crippen LogP contribution in [0, 0.1) is 0 Å². The van der Waals surface area contributed by atoms with Gasteiger partial charge in [-0.2, -0.15) is 5.10 Å². The van der Waals surface area contributed by atoms with Gasteiger partial charge in [0.2, 0.25) is 0 Å². The minimum absolute atomic E-state index is 0.692. The van der Waals surface area contributed by atoms with Gasteiger partial charge in [-0.15, -0.1) is 0 Å². The minimum Gasteiger partial charge on any atom is -0.313 e. The van der Waals surface area contributed by atoms with Crippen molar-refractivity contribution in [1.29, 1.82) is 0 Å². The van der Waals surface area contributed by atoms with Crippen LogP contribution < -0.4 is 5.32 Å². The van der Waals surface area contributed by atoms with Crippen LogP contribution in [0.2, 0.25) is 0 Å². The zero-order chi connectivity index (χ0) is 12.1. The molecule has 0 aromatic carbocycles. The summed E-state index contributed by atoms with van der Waals surface area (Å²) in [7, 11) is 1.98. The van der Waals surface area contributed by atoms with Gasteiger partial charge in [0.15, 0.2) is 0 Å². The molecule has 1 saturated heterocycles. The molecule has 0 aliphatic carbocycles. The Morgan fingerprint density at radius 3 is 3.12 bits per heavy atom. The molecule has 1 N–H and O–H groups in total. The molecule has 96 valence electrons. The fourth-order valence-electron chi connectivity index (χ4n) is 2.58. The maximum atomic E-state index is 4.42. The lowest BCUT2D eigenvalue weighted by Crippen LogP contribution is -2.46. The first-order valence-electron chi connectivity index (χ1n) is 6.72. The second-order valence-electron chi connectivity index (χ2n) is 4.93. The standard InChI is InChI=1S/C13H24N4/c1-3-14-13-5-4-8-17(11-13)10-7-12-6-9-16(2)15-12/h6,9,13-14H,3-5,7-8,10-11H2,1-2H3. The van der Waals surface area contributed by atoms with Crippen molar-refractivity contribution in [2.24, 2.45) is 7.05 Å². The molecule has 1 atom stereocenters. The zero-order valence-corrected chi connectivity index (χ0v) is 11.0. The fourth-order valence-corrected chi connectivity index (χ4v) is 2.58. The Balaban J connectivity index is 1.75. The van der Waals surface area contributed by atoms with Gasteiger partial charge >= 0.3 is 0 Å². The number of rotatable bonds is 5. The Bertz CT molecular complexity index is 332. The van der Waals surface area contributed by atoms with Crippen molar-refractivity contribution in [1.82, 2.24) is 20.0 Å². The summed E-state index contributed by atoms with van der Waals surface area (Å²) in [6, 6.07) is 2.81. The number of nitrogens with zero attached hydrogens (tertiary/aromatic N) is 3. The zero-order valence-electron chi connectivity index (χ0n) is 11.0. The topological polar surface area (TPSA) is 33.1 Å². The Hall–Kier alpha value is -0.870. The molecule has 1 fully saturated rings. The van der Waals surface area contributed by atoms with Crippen molar-refractivity contribution in [3.63, 3.8) is 0 Å². The van der Waals surface area contributed by atoms with E-state index < -0.39 is 0 Å². The highest BCUT2D eigenvalue weighted by Gasteiger charge is 2.18. The average molecular weight is 236 g/mol. The van der Waals surface area contributed by atoms with Crippen LogP contribution in [0.3, 0.4) is 0 Å². The Morgan fingerprint density at radius 1 is 1.53 bits per heavy atom. The molecule has 0 bridgehead atoms. The molecule has 0 saturated carbocycles. The third-order valence-electron chi connectivity index (χ3n) is 3.45. The summed E-state index contributed by atoms with van der Waals surface area (Å²) in [6.07, 6.45) is 5.74. The largest absolute Gasteiger partial charge is 0.313 e. The molecule has 1 aliphatic heterocycles. The summed E-state index contributed by atoms with van der Waals surface area (Å²) in [5.41, 5.74) is 1.21. The molecule has 17 heavy (non-hydrogen) atoms. The fraction of sp³-hybridized carbons (Fsp3) is 0.769. The van der Waals surface area contributed by atoms with E-state index in [-0.39, 0.29) is 0 Å². The van der Waals surface area contributed by atoms with Gasteiger partial charge in [0.1, 0.15) is 0 Å². The Kier molecular flexibility index (Phi) is 4.57. The van der Waals surface area contributed by atoms with E-state index in [2.05, 4.69) is 28.3 Å². The monoisotopic (exact) mass is 236 g/mol. The molecular formula is C13H24N4. The van der Waals surface area contributed by atoms with Crippen molar-refractivity contribution >= 4 is 0 Å². The SMILES string of the molecule is CCNC1CCCN(CCc2ccn(C)n2)C1. The lowest BCUT2D eigenvalue weighted by atomic mass is 10.1. The van der Waals surface area contributed by atoms with Gasteiger partial charge in [0.25, 0.3) is 0 Å². The van der Waals surface area contributed by atoms with Crippen LogP contribution >= 0.6 is 0 Å². The first-order valence-corrected chi connectivity index (χ1v) is 6.72. The summed E-state index contributed by atoms with van der Waals surface area (Å²) < 4.78 is 1.88. The summed E-state index contributed by atoms with van der Waals surface area (Å²) in [5.74, 6) is 0. The molecule has 0 amide bonds. The van der Waals surface area contributed by atoms with Crippen LogP contribution in [0.25, 0.3) is 0 Å². The van der Waals surface area contributed by atoms with E-state index in [9.17, 15) is 0 Å². The van der Waals surface area contributed by atoms with E-state index in [1.54, 1.807) is 0 Å². The van der Waals surface area contributed by atoms with Gasteiger partial charge in [0, 0.05) is 38.8 Å². The van der Waals surface area contributed by atoms with Crippen LogP contribution in [-0.4, -0.2) is 46.9 Å². The van der Waals surface area contributed by atoms with E-state index in [4.69, 9.17) is 0 Å². The van der Waals surface area contributed by atoms with Crippen LogP contribution in [0.1, 0.15) is 25.5 Å². The van der Waals surface area contributed by atoms with Crippen LogP contribution in [0.5, 0.6) is 0 Å². The van der Waals surface area contributed by atoms with E-state index in [1.807, 2.05) is 17.9 Å². The van der Waals surface area contributed by atoms with E-state index in [0.29, 0.717) is 6.04 Å². The lowest BCUT2D eigenvalue weighted by Gasteiger charge is -2.32. The van der Waals surface area contributed by atoms with Gasteiger partial charge < -0.3 is 10.2 Å². The molecule has 0 spiro atoms. The Morgan fingerprint density at radius 2 is 2.41 bits per heavy atom. The summed E-state index contributed by atoms with van der Waals surface area (Å²) in [6.45, 7) is 6.85. The van der Waals surface area contributed by atoms with E-state index in [1.165, 1.54) is 31.6 Å². The number of hydrogen-bond acceptors (Lipinski definition) is 3. The van der Waals surface area contributed by atoms with Crippen molar-refractivity contribution < 1.29 is 0 Å². The third-order valence-corrected chi connectivity index (χ3v) is 3.45. The van der Waals surface area contributed by atoms with Crippen molar-refractivity contribution in [3.8, 4) is 0 Å². The molecule has 1 aliphatic rings. The highest BCUT2D eigenvalue weighted by atomic mass is 15.2. The van der Waals surface area contributed by atoms with Crippen LogP contribution in [-0.2, 0) is 13.5 Å². The van der Waals surface area contributed by atoms with Crippen molar-refractivity contribution in [2.45, 2.75) is 32.2 Å². The molecule has 1 aromatic rings. The number of hydrogen-bond donors (Lipinski definition) is 1. The van der Waals surface area contributed by atoms with Crippen LogP contribution in [0.15, 0.2) is 12.3 Å². The molecule has 1 aromatic heterocycles. The first-order chi connectivity index (χ1) is 8.28. The van der Waals surface area contributed by atoms with Crippen LogP contribution in [0.4, 0.5) is 0 Å². The molecule has 2 rings (SSSR count). The van der Waals surface area contributed by atoms with Gasteiger partial charge in [-0.25, -0.2) is 0 Å². The maximum Gasteiger partial charge on any atom is 0.0637 e. The number of likely N-dealkylation sites (tertiary alicyclic amines) is 1. The summed E-state index contributed by atoms with van der Waals surface area (Å²) >= 11 is 0. The quantitative estimate of drug-likeness (QED) is 0.829. The first kappa shape index (κ1) is 12.6. The molecular weight excluding hydrogens is 212 g/mol. The van der Waals surface area contributed by atoms with Crippen molar-refractivity contribution in [3.05, 3.63) is 18.0 Å². The normalized spacial score (nSPS) is 21.9. The number of aromatic nitrogens is 2. The van der Waals surface area contributed by atoms with Gasteiger partial charge in [-0.3, -0.25) is 4.68 Å². The highest BCUT2D eigenvalue weighted by molar-refractivity contribution is 4.99. The predicted molar refractivity (Wildman–Crippen MR) is 70.1 cm³/mol. The number of piperidine rings is 1.